The van der Waals surface area contributed by atoms with Crippen molar-refractivity contribution in [2.45, 2.75) is 63.8 Å². The fourth-order valence-corrected chi connectivity index (χ4v) is 6.69. The summed E-state index contributed by atoms with van der Waals surface area (Å²) in [5.41, 5.74) is 11.8. The van der Waals surface area contributed by atoms with E-state index in [0.717, 1.165) is 70.9 Å². The zero-order valence-corrected chi connectivity index (χ0v) is 25.7. The average molecular weight is 624 g/mol. The van der Waals surface area contributed by atoms with Crippen molar-refractivity contribution < 1.29 is 14.0 Å². The summed E-state index contributed by atoms with van der Waals surface area (Å²) < 4.78 is 14.7. The monoisotopic (exact) mass is 623 g/mol. The number of aromatic nitrogens is 4. The number of nitrogens with two attached hydrogens (primary N) is 1. The van der Waals surface area contributed by atoms with Gasteiger partial charge in [-0.3, -0.25) is 24.6 Å². The van der Waals surface area contributed by atoms with Crippen LogP contribution in [0.4, 0.5) is 10.1 Å². The maximum absolute atomic E-state index is 14.7. The molecule has 2 saturated carbocycles. The minimum absolute atomic E-state index is 0.110. The van der Waals surface area contributed by atoms with E-state index in [1.54, 1.807) is 0 Å². The summed E-state index contributed by atoms with van der Waals surface area (Å²) in [6, 6.07) is 13.9. The molecule has 2 heterocycles. The third-order valence-electron chi connectivity index (χ3n) is 9.59. The number of halogens is 1. The maximum Gasteiger partial charge on any atom is 0.274 e. The number of nitrogens with zero attached hydrogens (tertiary/aromatic N) is 1. The van der Waals surface area contributed by atoms with Crippen LogP contribution in [0.1, 0.15) is 61.4 Å². The van der Waals surface area contributed by atoms with Crippen LogP contribution in [-0.4, -0.2) is 44.6 Å². The molecule has 0 spiro atoms. The second-order valence-corrected chi connectivity index (χ2v) is 12.9. The predicted molar refractivity (Wildman–Crippen MR) is 176 cm³/mol. The van der Waals surface area contributed by atoms with Gasteiger partial charge in [0.2, 0.25) is 11.8 Å². The number of aromatic amines is 3. The zero-order chi connectivity index (χ0) is 31.9. The van der Waals surface area contributed by atoms with E-state index >= 15 is 0 Å². The summed E-state index contributed by atoms with van der Waals surface area (Å²) in [6.45, 7) is 2.69. The summed E-state index contributed by atoms with van der Waals surface area (Å²) in [5, 5.41) is 10.6. The highest BCUT2D eigenvalue weighted by Gasteiger charge is 2.30. The first-order valence-electron chi connectivity index (χ1n) is 16.1. The van der Waals surface area contributed by atoms with Crippen molar-refractivity contribution in [1.29, 1.82) is 0 Å². The molecule has 5 aromatic rings. The van der Waals surface area contributed by atoms with Gasteiger partial charge in [0.15, 0.2) is 0 Å². The third kappa shape index (κ3) is 6.06. The number of anilines is 1. The van der Waals surface area contributed by atoms with Crippen LogP contribution >= 0.6 is 0 Å². The molecule has 10 nitrogen and oxygen atoms in total. The van der Waals surface area contributed by atoms with Gasteiger partial charge in [0, 0.05) is 23.9 Å². The highest BCUT2D eigenvalue weighted by molar-refractivity contribution is 5.99. The first-order chi connectivity index (χ1) is 22.2. The van der Waals surface area contributed by atoms with E-state index in [2.05, 4.69) is 44.9 Å². The van der Waals surface area contributed by atoms with Crippen LogP contribution in [-0.2, 0) is 16.0 Å². The van der Waals surface area contributed by atoms with Gasteiger partial charge >= 0.3 is 0 Å². The molecule has 0 saturated heterocycles. The standard InChI is InChI=1S/C35H38FN7O3/c1-18-12-27-28(40-32(39-27)22-10-11-22)16-25(18)21-6-2-19(3-7-21)13-30(41-33(44)23-8-4-20(17-37)5-9-23)34(45)38-24-14-26(36)31-29(15-24)42-43-35(31)46/h2-3,6-7,12,14-16,20,22-23,30H,4-5,8-11,13,17,37H2,1H3,(H,38,45)(H,39,40)(H,41,44)(H2,42,43,46). The van der Waals surface area contributed by atoms with E-state index in [9.17, 15) is 18.8 Å². The van der Waals surface area contributed by atoms with Gasteiger partial charge in [-0.15, -0.1) is 0 Å². The molecule has 2 aliphatic carbocycles. The molecule has 238 valence electrons. The number of amides is 2. The first kappa shape index (κ1) is 29.9. The highest BCUT2D eigenvalue weighted by atomic mass is 19.1. The van der Waals surface area contributed by atoms with Crippen molar-refractivity contribution in [3.8, 4) is 11.1 Å². The maximum atomic E-state index is 14.7. The lowest BCUT2D eigenvalue weighted by molar-refractivity contribution is -0.130. The van der Waals surface area contributed by atoms with Gasteiger partial charge in [-0.25, -0.2) is 9.37 Å². The van der Waals surface area contributed by atoms with E-state index in [1.165, 1.54) is 18.9 Å². The van der Waals surface area contributed by atoms with Gasteiger partial charge in [-0.2, -0.15) is 0 Å². The van der Waals surface area contributed by atoms with Crippen molar-refractivity contribution in [3.63, 3.8) is 0 Å². The Morgan fingerprint density at radius 1 is 1.00 bits per heavy atom. The number of H-pyrrole nitrogens is 3. The Hall–Kier alpha value is -4.77. The molecule has 46 heavy (non-hydrogen) atoms. The third-order valence-corrected chi connectivity index (χ3v) is 9.59. The number of hydrogen-bond donors (Lipinski definition) is 6. The van der Waals surface area contributed by atoms with Gasteiger partial charge in [0.25, 0.3) is 5.56 Å². The van der Waals surface area contributed by atoms with Gasteiger partial charge < -0.3 is 21.4 Å². The second-order valence-electron chi connectivity index (χ2n) is 12.9. The summed E-state index contributed by atoms with van der Waals surface area (Å²) in [6.07, 6.45) is 5.81. The molecule has 2 aliphatic rings. The van der Waals surface area contributed by atoms with Gasteiger partial charge in [0.1, 0.15) is 23.1 Å². The second kappa shape index (κ2) is 12.2. The lowest BCUT2D eigenvalue weighted by Gasteiger charge is -2.28. The Labute approximate surface area is 264 Å². The number of hydrogen-bond acceptors (Lipinski definition) is 5. The topological polar surface area (TPSA) is 162 Å². The number of carbonyl (C=O) groups excluding carboxylic acids is 2. The number of imidazole rings is 1. The summed E-state index contributed by atoms with van der Waals surface area (Å²) in [7, 11) is 0. The molecule has 7 N–H and O–H groups in total. The molecule has 2 amide bonds. The van der Waals surface area contributed by atoms with Crippen molar-refractivity contribution in [2.24, 2.45) is 17.6 Å². The molecule has 11 heteroatoms. The normalized spacial score (nSPS) is 18.9. The van der Waals surface area contributed by atoms with Gasteiger partial charge in [0.05, 0.1) is 16.6 Å². The van der Waals surface area contributed by atoms with Crippen LogP contribution in [0.3, 0.4) is 0 Å². The van der Waals surface area contributed by atoms with Crippen molar-refractivity contribution in [1.82, 2.24) is 25.5 Å². The summed E-state index contributed by atoms with van der Waals surface area (Å²) >= 11 is 0. The Balaban J connectivity index is 1.11. The minimum atomic E-state index is -0.905. The molecule has 0 radical (unpaired) electrons. The predicted octanol–water partition coefficient (Wildman–Crippen LogP) is 5.16. The number of carbonyl (C=O) groups is 2. The Morgan fingerprint density at radius 3 is 2.48 bits per heavy atom. The molecule has 3 aromatic carbocycles. The van der Waals surface area contributed by atoms with E-state index in [4.69, 9.17) is 10.7 Å². The zero-order valence-electron chi connectivity index (χ0n) is 25.7. The molecule has 1 unspecified atom stereocenters. The molecule has 2 aromatic heterocycles. The van der Waals surface area contributed by atoms with Crippen molar-refractivity contribution >= 4 is 39.4 Å². The SMILES string of the molecule is Cc1cc2[nH]c(C3CC3)nc2cc1-c1ccc(CC(NC(=O)C2CCC(CN)CC2)C(=O)Nc2cc(F)c3c(=O)[nH][nH]c3c2)cc1. The largest absolute Gasteiger partial charge is 0.344 e. The fourth-order valence-electron chi connectivity index (χ4n) is 6.69. The first-order valence-corrected chi connectivity index (χ1v) is 16.1. The molecule has 0 bridgehead atoms. The Kier molecular flexibility index (Phi) is 7.94. The van der Waals surface area contributed by atoms with Crippen LogP contribution in [0, 0.1) is 24.6 Å². The number of aryl methyl sites for hydroxylation is 1. The van der Waals surface area contributed by atoms with Crippen LogP contribution < -0.4 is 21.9 Å². The number of nitrogens with one attached hydrogen (secondary N) is 5. The summed E-state index contributed by atoms with van der Waals surface area (Å²) in [4.78, 5) is 47.2. The smallest absolute Gasteiger partial charge is 0.274 e. The van der Waals surface area contributed by atoms with Crippen molar-refractivity contribution in [3.05, 3.63) is 81.7 Å². The minimum Gasteiger partial charge on any atom is -0.344 e. The molecular formula is C35H38FN7O3. The molecule has 0 aliphatic heterocycles. The number of fused-ring (bicyclic) bond motifs is 2. The quantitative estimate of drug-likeness (QED) is 0.134. The van der Waals surface area contributed by atoms with E-state index in [0.29, 0.717) is 18.4 Å². The van der Waals surface area contributed by atoms with E-state index < -0.39 is 23.3 Å². The van der Waals surface area contributed by atoms with Crippen LogP contribution in [0.5, 0.6) is 0 Å². The number of benzene rings is 3. The van der Waals surface area contributed by atoms with E-state index in [-0.39, 0.29) is 34.8 Å². The van der Waals surface area contributed by atoms with Crippen molar-refractivity contribution in [2.75, 3.05) is 11.9 Å². The molecule has 2 fully saturated rings. The van der Waals surface area contributed by atoms with Crippen LogP contribution in [0.15, 0.2) is 53.3 Å². The highest BCUT2D eigenvalue weighted by Crippen LogP contribution is 2.39. The molecule has 1 atom stereocenters. The molecular weight excluding hydrogens is 585 g/mol. The lowest BCUT2D eigenvalue weighted by Crippen LogP contribution is -2.48. The van der Waals surface area contributed by atoms with Gasteiger partial charge in [-0.05, 0) is 104 Å². The summed E-state index contributed by atoms with van der Waals surface area (Å²) in [5.74, 6) is 0.429. The molecule has 7 rings (SSSR count). The average Bonchev–Trinajstić information content (AvgIpc) is 3.72. The van der Waals surface area contributed by atoms with Gasteiger partial charge in [-0.1, -0.05) is 24.3 Å². The fraction of sp³-hybridized carbons (Fsp3) is 0.371. The van der Waals surface area contributed by atoms with Crippen LogP contribution in [0.25, 0.3) is 33.1 Å². The Bertz CT molecular complexity index is 1980. The number of rotatable bonds is 9. The lowest BCUT2D eigenvalue weighted by atomic mass is 9.81. The Morgan fingerprint density at radius 2 is 1.76 bits per heavy atom. The van der Waals surface area contributed by atoms with E-state index in [1.807, 2.05) is 24.3 Å². The van der Waals surface area contributed by atoms with Crippen LogP contribution in [0.2, 0.25) is 0 Å².